The van der Waals surface area contributed by atoms with Crippen LogP contribution in [0.25, 0.3) is 35.4 Å². The maximum absolute atomic E-state index is 6.17. The minimum atomic E-state index is -0.114. The van der Waals surface area contributed by atoms with Crippen molar-refractivity contribution >= 4 is 47.1 Å². The first-order valence-electron chi connectivity index (χ1n) is 16.8. The Hall–Kier alpha value is -6.00. The van der Waals surface area contributed by atoms with E-state index in [9.17, 15) is 0 Å². The van der Waals surface area contributed by atoms with Crippen molar-refractivity contribution in [3.8, 4) is 34.1 Å². The van der Waals surface area contributed by atoms with Crippen LogP contribution < -0.4 is 19.3 Å². The molecular weight excluding hydrogens is 601 g/mol. The van der Waals surface area contributed by atoms with Gasteiger partial charge in [-0.1, -0.05) is 111 Å². The Morgan fingerprint density at radius 1 is 0.429 bits per heavy atom. The lowest BCUT2D eigenvalue weighted by atomic mass is 9.81. The molecule has 0 fully saturated rings. The van der Waals surface area contributed by atoms with Crippen LogP contribution >= 0.6 is 0 Å². The van der Waals surface area contributed by atoms with Gasteiger partial charge < -0.3 is 19.3 Å². The topological polar surface area (TPSA) is 24.9 Å². The van der Waals surface area contributed by atoms with Crippen molar-refractivity contribution in [3.05, 3.63) is 155 Å². The number of para-hydroxylation sites is 4. The maximum Gasteiger partial charge on any atom is 0.151 e. The van der Waals surface area contributed by atoms with Gasteiger partial charge in [0.2, 0.25) is 0 Å². The Labute approximate surface area is 287 Å². The highest BCUT2D eigenvalue weighted by Crippen LogP contribution is 2.50. The second kappa shape index (κ2) is 11.0. The van der Waals surface area contributed by atoms with E-state index < -0.39 is 0 Å². The summed E-state index contributed by atoms with van der Waals surface area (Å²) in [6.07, 6.45) is 8.81. The average molecular weight is 637 g/mol. The van der Waals surface area contributed by atoms with Crippen molar-refractivity contribution in [2.75, 3.05) is 23.9 Å². The molecule has 6 aromatic rings. The van der Waals surface area contributed by atoms with E-state index in [2.05, 4.69) is 147 Å². The van der Waals surface area contributed by atoms with Crippen molar-refractivity contribution in [2.45, 2.75) is 19.3 Å². The van der Waals surface area contributed by atoms with Gasteiger partial charge in [-0.05, 0) is 93.0 Å². The summed E-state index contributed by atoms with van der Waals surface area (Å²) >= 11 is 0. The van der Waals surface area contributed by atoms with E-state index in [-0.39, 0.29) is 5.41 Å². The molecule has 238 valence electrons. The van der Waals surface area contributed by atoms with Crippen molar-refractivity contribution in [1.29, 1.82) is 0 Å². The molecule has 6 aromatic carbocycles. The monoisotopic (exact) mass is 636 g/mol. The quantitative estimate of drug-likeness (QED) is 0.180. The highest BCUT2D eigenvalue weighted by atomic mass is 16.5. The third-order valence-electron chi connectivity index (χ3n) is 10.2. The number of nitrogens with zero attached hydrogens (tertiary/aromatic N) is 2. The van der Waals surface area contributed by atoms with Gasteiger partial charge in [0.05, 0.1) is 22.7 Å². The van der Waals surface area contributed by atoms with Crippen LogP contribution in [-0.4, -0.2) is 14.1 Å². The molecule has 49 heavy (non-hydrogen) atoms. The molecule has 3 aliphatic rings. The van der Waals surface area contributed by atoms with Gasteiger partial charge in [-0.25, -0.2) is 0 Å². The molecule has 0 N–H and O–H groups in total. The van der Waals surface area contributed by atoms with E-state index in [1.807, 2.05) is 36.4 Å². The van der Waals surface area contributed by atoms with Gasteiger partial charge in [0.25, 0.3) is 0 Å². The number of rotatable bonds is 4. The van der Waals surface area contributed by atoms with Gasteiger partial charge in [-0.2, -0.15) is 0 Å². The Bertz CT molecular complexity index is 2200. The Morgan fingerprint density at radius 2 is 0.796 bits per heavy atom. The number of benzene rings is 6. The molecule has 0 radical (unpaired) electrons. The van der Waals surface area contributed by atoms with Crippen LogP contribution in [-0.2, 0) is 5.41 Å². The molecule has 0 amide bonds. The standard InChI is InChI=1S/C45H36N2O2/c1-45(2)35-25-29(13-15-31-19-23-43-39(27-31)46(3)37-9-5-7-11-41(37)48-43)17-21-33(35)34-22-18-30(26-36(34)45)14-16-32-20-24-44-40(28-32)47(4)38-10-6-8-12-42(38)49-44/h5-28H,1-4H3. The minimum absolute atomic E-state index is 0.114. The average Bonchev–Trinajstić information content (AvgIpc) is 3.35. The van der Waals surface area contributed by atoms with E-state index in [0.29, 0.717) is 0 Å². The third kappa shape index (κ3) is 4.83. The highest BCUT2D eigenvalue weighted by Gasteiger charge is 2.35. The van der Waals surface area contributed by atoms with Gasteiger partial charge in [0.1, 0.15) is 0 Å². The van der Waals surface area contributed by atoms with Crippen LogP contribution in [0.5, 0.6) is 23.0 Å². The van der Waals surface area contributed by atoms with E-state index in [1.165, 1.54) is 33.4 Å². The molecule has 0 aromatic heterocycles. The van der Waals surface area contributed by atoms with E-state index in [4.69, 9.17) is 9.47 Å². The summed E-state index contributed by atoms with van der Waals surface area (Å²) in [5, 5.41) is 0. The molecule has 0 unspecified atom stereocenters. The fraction of sp³-hybridized carbons (Fsp3) is 0.111. The molecule has 0 bridgehead atoms. The zero-order chi connectivity index (χ0) is 33.3. The molecule has 4 nitrogen and oxygen atoms in total. The first-order valence-corrected chi connectivity index (χ1v) is 16.8. The molecule has 9 rings (SSSR count). The van der Waals surface area contributed by atoms with Gasteiger partial charge in [0.15, 0.2) is 23.0 Å². The lowest BCUT2D eigenvalue weighted by Crippen LogP contribution is -2.15. The van der Waals surface area contributed by atoms with E-state index >= 15 is 0 Å². The lowest BCUT2D eigenvalue weighted by molar-refractivity contribution is 0.475. The highest BCUT2D eigenvalue weighted by molar-refractivity contribution is 5.86. The Morgan fingerprint density at radius 3 is 1.24 bits per heavy atom. The van der Waals surface area contributed by atoms with Gasteiger partial charge in [-0.15, -0.1) is 0 Å². The van der Waals surface area contributed by atoms with Gasteiger partial charge >= 0.3 is 0 Å². The largest absolute Gasteiger partial charge is 0.453 e. The smallest absolute Gasteiger partial charge is 0.151 e. The maximum atomic E-state index is 6.17. The molecule has 2 aliphatic heterocycles. The summed E-state index contributed by atoms with van der Waals surface area (Å²) in [4.78, 5) is 4.40. The predicted molar refractivity (Wildman–Crippen MR) is 204 cm³/mol. The molecule has 0 atom stereocenters. The summed E-state index contributed by atoms with van der Waals surface area (Å²) in [5.41, 5.74) is 14.2. The van der Waals surface area contributed by atoms with Crippen LogP contribution in [0.15, 0.2) is 121 Å². The first-order chi connectivity index (χ1) is 23.8. The van der Waals surface area contributed by atoms with Crippen molar-refractivity contribution in [2.24, 2.45) is 0 Å². The van der Waals surface area contributed by atoms with Crippen LogP contribution in [0.4, 0.5) is 22.7 Å². The first kappa shape index (κ1) is 29.2. The van der Waals surface area contributed by atoms with Crippen LogP contribution in [0, 0.1) is 0 Å². The fourth-order valence-electron chi connectivity index (χ4n) is 7.48. The van der Waals surface area contributed by atoms with E-state index in [0.717, 1.165) is 56.9 Å². The summed E-state index contributed by atoms with van der Waals surface area (Å²) in [6.45, 7) is 4.68. The van der Waals surface area contributed by atoms with Crippen molar-refractivity contribution < 1.29 is 9.47 Å². The molecule has 0 saturated heterocycles. The second-order valence-electron chi connectivity index (χ2n) is 13.6. The number of hydrogen-bond donors (Lipinski definition) is 0. The van der Waals surface area contributed by atoms with Gasteiger partial charge in [-0.3, -0.25) is 0 Å². The molecule has 0 spiro atoms. The summed E-state index contributed by atoms with van der Waals surface area (Å²) < 4.78 is 12.3. The molecule has 4 heteroatoms. The van der Waals surface area contributed by atoms with Crippen molar-refractivity contribution in [3.63, 3.8) is 0 Å². The van der Waals surface area contributed by atoms with Crippen molar-refractivity contribution in [1.82, 2.24) is 0 Å². The lowest BCUT2D eigenvalue weighted by Gasteiger charge is -2.29. The number of fused-ring (bicyclic) bond motifs is 7. The third-order valence-corrected chi connectivity index (χ3v) is 10.2. The zero-order valence-corrected chi connectivity index (χ0v) is 28.1. The normalized spacial score (nSPS) is 14.8. The summed E-state index contributed by atoms with van der Waals surface area (Å²) in [5.74, 6) is 3.52. The second-order valence-corrected chi connectivity index (χ2v) is 13.6. The predicted octanol–water partition coefficient (Wildman–Crippen LogP) is 12.1. The number of ether oxygens (including phenoxy) is 2. The number of anilines is 4. The summed E-state index contributed by atoms with van der Waals surface area (Å²) in [6, 6.07) is 42.8. The Kier molecular flexibility index (Phi) is 6.57. The summed E-state index contributed by atoms with van der Waals surface area (Å²) in [7, 11) is 4.19. The van der Waals surface area contributed by atoms with Gasteiger partial charge in [0, 0.05) is 19.5 Å². The molecule has 1 aliphatic carbocycles. The van der Waals surface area contributed by atoms with Crippen LogP contribution in [0.3, 0.4) is 0 Å². The molecule has 2 heterocycles. The van der Waals surface area contributed by atoms with Crippen LogP contribution in [0.2, 0.25) is 0 Å². The SMILES string of the molecule is CN1c2ccccc2Oc2ccc(C=Cc3ccc4c(c3)C(C)(C)c3cc(C=Cc5ccc6c(c5)N(C)c5ccccc5O6)ccc3-4)cc21. The molecular formula is C45H36N2O2. The Balaban J connectivity index is 0.953. The fourth-order valence-corrected chi connectivity index (χ4v) is 7.48. The van der Waals surface area contributed by atoms with Crippen LogP contribution in [0.1, 0.15) is 47.2 Å². The zero-order valence-electron chi connectivity index (χ0n) is 28.1. The number of hydrogen-bond acceptors (Lipinski definition) is 4. The minimum Gasteiger partial charge on any atom is -0.453 e. The van der Waals surface area contributed by atoms with E-state index in [1.54, 1.807) is 0 Å². The molecule has 0 saturated carbocycles.